The molecule has 4 atom stereocenters. The Morgan fingerprint density at radius 1 is 1.21 bits per heavy atom. The number of esters is 1. The average Bonchev–Trinajstić information content (AvgIpc) is 3.01. The number of allylic oxidation sites excluding steroid dienone is 3. The molecular weight excluding hydrogens is 569 g/mol. The van der Waals surface area contributed by atoms with Crippen molar-refractivity contribution in [2.75, 3.05) is 40.5 Å². The third-order valence-electron chi connectivity index (χ3n) is 7.75. The van der Waals surface area contributed by atoms with Crippen LogP contribution in [-0.4, -0.2) is 75.5 Å². The van der Waals surface area contributed by atoms with Gasteiger partial charge in [-0.25, -0.2) is 32.5 Å². The van der Waals surface area contributed by atoms with Gasteiger partial charge in [-0.05, 0) is 55.7 Å². The number of imide groups is 1. The van der Waals surface area contributed by atoms with Crippen molar-refractivity contribution in [3.8, 4) is 6.07 Å². The molecule has 1 fully saturated rings. The highest BCUT2D eigenvalue weighted by molar-refractivity contribution is 6.01. The third-order valence-corrected chi connectivity index (χ3v) is 7.75. The topological polar surface area (TPSA) is 145 Å². The van der Waals surface area contributed by atoms with E-state index in [2.05, 4.69) is 27.3 Å². The Bertz CT molecular complexity index is 1390. The summed E-state index contributed by atoms with van der Waals surface area (Å²) in [6.45, 7) is 0.781. The molecular formula is C29H33F3N6O5. The van der Waals surface area contributed by atoms with Gasteiger partial charge in [0.15, 0.2) is 11.6 Å². The van der Waals surface area contributed by atoms with Crippen LogP contribution in [0.5, 0.6) is 0 Å². The lowest BCUT2D eigenvalue weighted by Gasteiger charge is -2.40. The molecule has 0 aromatic heterocycles. The van der Waals surface area contributed by atoms with E-state index < -0.39 is 41.1 Å². The first-order chi connectivity index (χ1) is 20.6. The van der Waals surface area contributed by atoms with Gasteiger partial charge >= 0.3 is 18.0 Å². The number of nitrogens with zero attached hydrogens (tertiary/aromatic N) is 2. The molecule has 1 aliphatic carbocycles. The molecule has 43 heavy (non-hydrogen) atoms. The lowest BCUT2D eigenvalue weighted by atomic mass is 9.72. The summed E-state index contributed by atoms with van der Waals surface area (Å²) in [4.78, 5) is 40.0. The Hall–Kier alpha value is -4.19. The quantitative estimate of drug-likeness (QED) is 0.250. The van der Waals surface area contributed by atoms with Crippen LogP contribution in [0.1, 0.15) is 30.9 Å². The van der Waals surface area contributed by atoms with Crippen LogP contribution < -0.4 is 21.3 Å². The van der Waals surface area contributed by atoms with Gasteiger partial charge in [0.1, 0.15) is 11.9 Å². The van der Waals surface area contributed by atoms with Crippen LogP contribution in [-0.2, 0) is 14.3 Å². The lowest BCUT2D eigenvalue weighted by molar-refractivity contribution is -0.137. The minimum absolute atomic E-state index is 0.00350. The fourth-order valence-electron chi connectivity index (χ4n) is 5.55. The molecule has 4 rings (SSSR count). The smallest absolute Gasteiger partial charge is 0.338 e. The fourth-order valence-corrected chi connectivity index (χ4v) is 5.55. The fraction of sp³-hybridized carbons (Fsp3) is 0.448. The Morgan fingerprint density at radius 2 is 2.00 bits per heavy atom. The normalized spacial score (nSPS) is 25.5. The number of amides is 4. The first kappa shape index (κ1) is 31.7. The van der Waals surface area contributed by atoms with Crippen molar-refractivity contribution >= 4 is 18.0 Å². The summed E-state index contributed by atoms with van der Waals surface area (Å²) in [6, 6.07) is 1.68. The number of hydrogen-bond donors (Lipinski definition) is 4. The molecule has 3 aliphatic rings. The van der Waals surface area contributed by atoms with E-state index >= 15 is 0 Å². The molecule has 0 spiro atoms. The highest BCUT2D eigenvalue weighted by Crippen LogP contribution is 2.37. The van der Waals surface area contributed by atoms with Crippen molar-refractivity contribution in [2.45, 2.75) is 37.4 Å². The van der Waals surface area contributed by atoms with Gasteiger partial charge < -0.3 is 30.7 Å². The molecule has 1 saturated heterocycles. The van der Waals surface area contributed by atoms with E-state index in [1.165, 1.54) is 25.3 Å². The number of halogens is 3. The molecule has 2 heterocycles. The highest BCUT2D eigenvalue weighted by Gasteiger charge is 2.43. The predicted octanol–water partition coefficient (Wildman–Crippen LogP) is 2.85. The van der Waals surface area contributed by atoms with Gasteiger partial charge in [0, 0.05) is 32.3 Å². The summed E-state index contributed by atoms with van der Waals surface area (Å²) < 4.78 is 51.5. The molecule has 14 heteroatoms. The zero-order valence-corrected chi connectivity index (χ0v) is 23.7. The minimum atomic E-state index is -1.44. The van der Waals surface area contributed by atoms with Crippen molar-refractivity contribution in [3.05, 3.63) is 70.7 Å². The molecule has 0 saturated carbocycles. The van der Waals surface area contributed by atoms with E-state index in [1.807, 2.05) is 0 Å². The average molecular weight is 603 g/mol. The van der Waals surface area contributed by atoms with Crippen LogP contribution >= 0.6 is 0 Å². The maximum atomic E-state index is 14.2. The monoisotopic (exact) mass is 602 g/mol. The lowest BCUT2D eigenvalue weighted by Crippen LogP contribution is -2.56. The first-order valence-electron chi connectivity index (χ1n) is 13.7. The van der Waals surface area contributed by atoms with E-state index in [9.17, 15) is 32.8 Å². The molecule has 11 nitrogen and oxygen atoms in total. The van der Waals surface area contributed by atoms with Crippen molar-refractivity contribution < 1.29 is 37.0 Å². The number of urea groups is 2. The van der Waals surface area contributed by atoms with E-state index in [4.69, 9.17) is 9.47 Å². The van der Waals surface area contributed by atoms with E-state index in [0.29, 0.717) is 24.4 Å². The van der Waals surface area contributed by atoms with Gasteiger partial charge in [0.2, 0.25) is 0 Å². The second-order valence-corrected chi connectivity index (χ2v) is 10.4. The van der Waals surface area contributed by atoms with E-state index in [0.717, 1.165) is 25.7 Å². The van der Waals surface area contributed by atoms with Crippen molar-refractivity contribution in [3.63, 3.8) is 0 Å². The van der Waals surface area contributed by atoms with Gasteiger partial charge in [-0.2, -0.15) is 5.26 Å². The summed E-state index contributed by atoms with van der Waals surface area (Å²) >= 11 is 0. The Morgan fingerprint density at radius 3 is 2.65 bits per heavy atom. The van der Waals surface area contributed by atoms with Crippen LogP contribution in [0.4, 0.5) is 22.8 Å². The molecule has 1 aromatic carbocycles. The summed E-state index contributed by atoms with van der Waals surface area (Å²) in [6.07, 6.45) is 5.92. The Labute approximate surface area is 246 Å². The Kier molecular flexibility index (Phi) is 10.2. The molecule has 1 aromatic rings. The number of rotatable bonds is 9. The molecule has 4 amide bonds. The SMILES string of the molecule is COCC1=C(C(=O)OC)C(c2ccc(F)c(F)c2)N(C(=O)NCCNC2CCNC(C3(C#N)C=CC(F)=CC3)C2)C(=O)N1. The first-order valence-corrected chi connectivity index (χ1v) is 13.7. The number of nitriles is 1. The summed E-state index contributed by atoms with van der Waals surface area (Å²) in [7, 11) is 2.44. The van der Waals surface area contributed by atoms with Gasteiger partial charge in [-0.15, -0.1) is 0 Å². The molecule has 2 aliphatic heterocycles. The molecule has 0 bridgehead atoms. The molecule has 0 radical (unpaired) electrons. The summed E-state index contributed by atoms with van der Waals surface area (Å²) in [5.41, 5.74) is -1.06. The van der Waals surface area contributed by atoms with Gasteiger partial charge in [0.05, 0.1) is 36.5 Å². The zero-order valence-electron chi connectivity index (χ0n) is 23.7. The van der Waals surface area contributed by atoms with Crippen molar-refractivity contribution in [1.29, 1.82) is 5.26 Å². The number of piperidine rings is 1. The van der Waals surface area contributed by atoms with Crippen molar-refractivity contribution in [1.82, 2.24) is 26.2 Å². The number of benzene rings is 1. The standard InChI is InChI=1S/C29H33F3N6O5/c1-42-15-22-24(26(39)43-2)25(17-3-4-20(31)21(32)13-17)38(28(41)37-22)27(40)36-12-11-34-19-7-10-35-23(14-19)29(16-33)8-5-18(30)6-9-29/h3-6,8,13,19,23,25,34-35H,7,9-12,14-15H2,1-2H3,(H,36,40)(H,37,41). The number of carbonyl (C=O) groups is 3. The summed E-state index contributed by atoms with van der Waals surface area (Å²) in [5.74, 6) is -3.64. The zero-order chi connectivity index (χ0) is 31.1. The number of carbonyl (C=O) groups excluding carboxylic acids is 3. The van der Waals surface area contributed by atoms with Crippen LogP contribution in [0.15, 0.2) is 53.5 Å². The number of nitrogens with one attached hydrogen (secondary N) is 4. The molecule has 230 valence electrons. The maximum Gasteiger partial charge on any atom is 0.338 e. The van der Waals surface area contributed by atoms with Crippen molar-refractivity contribution in [2.24, 2.45) is 5.41 Å². The molecule has 4 unspecified atom stereocenters. The minimum Gasteiger partial charge on any atom is -0.466 e. The number of methoxy groups -OCH3 is 2. The van der Waals surface area contributed by atoms with Gasteiger partial charge in [-0.1, -0.05) is 12.1 Å². The van der Waals surface area contributed by atoms with Crippen LogP contribution in [0.25, 0.3) is 0 Å². The maximum absolute atomic E-state index is 14.2. The van der Waals surface area contributed by atoms with Crippen LogP contribution in [0, 0.1) is 28.4 Å². The number of ether oxygens (including phenoxy) is 2. The van der Waals surface area contributed by atoms with Gasteiger partial charge in [0.25, 0.3) is 0 Å². The predicted molar refractivity (Wildman–Crippen MR) is 148 cm³/mol. The second-order valence-electron chi connectivity index (χ2n) is 10.4. The highest BCUT2D eigenvalue weighted by atomic mass is 19.2. The second kappa shape index (κ2) is 13.9. The number of hydrogen-bond acceptors (Lipinski definition) is 8. The third kappa shape index (κ3) is 6.90. The van der Waals surface area contributed by atoms with E-state index in [-0.39, 0.29) is 54.3 Å². The van der Waals surface area contributed by atoms with E-state index in [1.54, 1.807) is 6.08 Å². The van der Waals surface area contributed by atoms with Crippen LogP contribution in [0.2, 0.25) is 0 Å². The van der Waals surface area contributed by atoms with Gasteiger partial charge in [-0.3, -0.25) is 0 Å². The summed E-state index contributed by atoms with van der Waals surface area (Å²) in [5, 5.41) is 21.6. The Balaban J connectivity index is 1.45. The molecule has 4 N–H and O–H groups in total. The largest absolute Gasteiger partial charge is 0.466 e. The van der Waals surface area contributed by atoms with Crippen LogP contribution in [0.3, 0.4) is 0 Å².